The van der Waals surface area contributed by atoms with E-state index in [0.29, 0.717) is 10.2 Å². The number of aromatic nitrogens is 1. The highest BCUT2D eigenvalue weighted by Crippen LogP contribution is 2.23. The Bertz CT molecular complexity index is 1070. The Morgan fingerprint density at radius 1 is 1.17 bits per heavy atom. The Kier molecular flexibility index (Phi) is 7.14. The van der Waals surface area contributed by atoms with Crippen LogP contribution in [0.3, 0.4) is 0 Å². The third kappa shape index (κ3) is 5.71. The standard InChI is InChI=1S/C19H17BrN2O5S2/c20-14-6-8-16(9-7-14)29(25,26)22-17(10-23)19(24)27-11-15-12-28-18(21-15)13-4-2-1-3-5-13/h1-9,12,17,22-23H,10-11H2. The maximum atomic E-state index is 12.4. The van der Waals surface area contributed by atoms with E-state index in [2.05, 4.69) is 25.6 Å². The lowest BCUT2D eigenvalue weighted by Crippen LogP contribution is -2.44. The van der Waals surface area contributed by atoms with Crippen LogP contribution in [-0.4, -0.2) is 37.1 Å². The van der Waals surface area contributed by atoms with Gasteiger partial charge in [0.1, 0.15) is 17.7 Å². The molecule has 0 spiro atoms. The van der Waals surface area contributed by atoms with Crippen molar-refractivity contribution >= 4 is 43.3 Å². The SMILES string of the molecule is O=C(OCc1csc(-c2ccccc2)n1)C(CO)NS(=O)(=O)c1ccc(Br)cc1. The number of nitrogens with one attached hydrogen (secondary N) is 1. The number of aliphatic hydroxyl groups excluding tert-OH is 1. The van der Waals surface area contributed by atoms with E-state index < -0.39 is 28.6 Å². The molecule has 0 fully saturated rings. The lowest BCUT2D eigenvalue weighted by atomic mass is 10.2. The largest absolute Gasteiger partial charge is 0.458 e. The van der Waals surface area contributed by atoms with Crippen LogP contribution in [0.25, 0.3) is 10.6 Å². The van der Waals surface area contributed by atoms with Gasteiger partial charge < -0.3 is 9.84 Å². The van der Waals surface area contributed by atoms with Gasteiger partial charge in [0.15, 0.2) is 0 Å². The molecule has 152 valence electrons. The summed E-state index contributed by atoms with van der Waals surface area (Å²) >= 11 is 4.63. The van der Waals surface area contributed by atoms with E-state index >= 15 is 0 Å². The smallest absolute Gasteiger partial charge is 0.326 e. The fourth-order valence-electron chi connectivity index (χ4n) is 2.36. The zero-order valence-electron chi connectivity index (χ0n) is 15.0. The van der Waals surface area contributed by atoms with Gasteiger partial charge in [-0.3, -0.25) is 4.79 Å². The van der Waals surface area contributed by atoms with Gasteiger partial charge in [-0.15, -0.1) is 11.3 Å². The quantitative estimate of drug-likeness (QED) is 0.464. The van der Waals surface area contributed by atoms with Crippen LogP contribution in [0.5, 0.6) is 0 Å². The zero-order valence-corrected chi connectivity index (χ0v) is 18.2. The fourth-order valence-corrected chi connectivity index (χ4v) is 4.61. The topological polar surface area (TPSA) is 106 Å². The molecular weight excluding hydrogens is 480 g/mol. The summed E-state index contributed by atoms with van der Waals surface area (Å²) in [6.45, 7) is -0.862. The molecule has 10 heteroatoms. The Hall–Kier alpha value is -2.11. The van der Waals surface area contributed by atoms with Crippen LogP contribution in [0.15, 0.2) is 69.3 Å². The molecule has 0 saturated carbocycles. The Morgan fingerprint density at radius 3 is 2.52 bits per heavy atom. The molecule has 0 aliphatic heterocycles. The number of nitrogens with zero attached hydrogens (tertiary/aromatic N) is 1. The van der Waals surface area contributed by atoms with E-state index in [9.17, 15) is 18.3 Å². The maximum absolute atomic E-state index is 12.4. The zero-order chi connectivity index (χ0) is 20.9. The summed E-state index contributed by atoms with van der Waals surface area (Å²) in [4.78, 5) is 16.6. The molecule has 3 rings (SSSR count). The van der Waals surface area contributed by atoms with Crippen molar-refractivity contribution in [1.29, 1.82) is 0 Å². The van der Waals surface area contributed by atoms with Crippen LogP contribution in [0.4, 0.5) is 0 Å². The molecule has 1 unspecified atom stereocenters. The van der Waals surface area contributed by atoms with Crippen LogP contribution in [0, 0.1) is 0 Å². The van der Waals surface area contributed by atoms with Gasteiger partial charge in [-0.2, -0.15) is 4.72 Å². The summed E-state index contributed by atoms with van der Waals surface area (Å²) in [5, 5.41) is 12.0. The normalized spacial score (nSPS) is 12.5. The molecule has 29 heavy (non-hydrogen) atoms. The Balaban J connectivity index is 1.61. The van der Waals surface area contributed by atoms with Crippen LogP contribution >= 0.6 is 27.3 Å². The molecule has 2 N–H and O–H groups in total. The molecule has 0 amide bonds. The molecule has 1 heterocycles. The number of carbonyl (C=O) groups excluding carboxylic acids is 1. The van der Waals surface area contributed by atoms with Gasteiger partial charge in [0.05, 0.1) is 17.2 Å². The number of sulfonamides is 1. The number of ether oxygens (including phenoxy) is 1. The van der Waals surface area contributed by atoms with Crippen molar-refractivity contribution in [3.8, 4) is 10.6 Å². The second-order valence-corrected chi connectivity index (χ2v) is 9.42. The molecule has 0 radical (unpaired) electrons. The van der Waals surface area contributed by atoms with Gasteiger partial charge in [0.25, 0.3) is 0 Å². The second kappa shape index (κ2) is 9.59. The minimum Gasteiger partial charge on any atom is -0.458 e. The van der Waals surface area contributed by atoms with Crippen molar-refractivity contribution in [2.45, 2.75) is 17.5 Å². The minimum atomic E-state index is -3.99. The van der Waals surface area contributed by atoms with Crippen molar-refractivity contribution in [3.05, 3.63) is 70.1 Å². The van der Waals surface area contributed by atoms with E-state index in [4.69, 9.17) is 4.74 Å². The van der Waals surface area contributed by atoms with Gasteiger partial charge in [-0.25, -0.2) is 13.4 Å². The van der Waals surface area contributed by atoms with Crippen LogP contribution in [0.1, 0.15) is 5.69 Å². The van der Waals surface area contributed by atoms with E-state index in [0.717, 1.165) is 10.6 Å². The van der Waals surface area contributed by atoms with E-state index in [1.807, 2.05) is 30.3 Å². The minimum absolute atomic E-state index is 0.0287. The molecule has 7 nitrogen and oxygen atoms in total. The average molecular weight is 497 g/mol. The number of thiazole rings is 1. The molecule has 0 aliphatic carbocycles. The summed E-state index contributed by atoms with van der Waals surface area (Å²) in [6.07, 6.45) is 0. The lowest BCUT2D eigenvalue weighted by molar-refractivity contribution is -0.148. The Morgan fingerprint density at radius 2 is 1.86 bits per heavy atom. The number of carbonyl (C=O) groups is 1. The Labute approximate surface area is 180 Å². The number of halogens is 1. The number of esters is 1. The van der Waals surface area contributed by atoms with Gasteiger partial charge in [-0.05, 0) is 24.3 Å². The highest BCUT2D eigenvalue weighted by Gasteiger charge is 2.26. The van der Waals surface area contributed by atoms with E-state index in [1.54, 1.807) is 17.5 Å². The summed E-state index contributed by atoms with van der Waals surface area (Å²) in [5.74, 6) is -0.887. The molecule has 2 aromatic carbocycles. The summed E-state index contributed by atoms with van der Waals surface area (Å²) in [7, 11) is -3.99. The molecule has 1 atom stereocenters. The van der Waals surface area contributed by atoms with Crippen molar-refractivity contribution in [1.82, 2.24) is 9.71 Å². The van der Waals surface area contributed by atoms with Gasteiger partial charge in [0, 0.05) is 15.4 Å². The van der Waals surface area contributed by atoms with Crippen molar-refractivity contribution in [2.75, 3.05) is 6.61 Å². The second-order valence-electron chi connectivity index (χ2n) is 5.93. The first-order valence-electron chi connectivity index (χ1n) is 8.44. The first-order chi connectivity index (χ1) is 13.9. The monoisotopic (exact) mass is 496 g/mol. The highest BCUT2D eigenvalue weighted by molar-refractivity contribution is 9.10. The lowest BCUT2D eigenvalue weighted by Gasteiger charge is -2.15. The molecule has 0 saturated heterocycles. The van der Waals surface area contributed by atoms with Gasteiger partial charge >= 0.3 is 5.97 Å². The molecule has 0 bridgehead atoms. The number of hydrogen-bond donors (Lipinski definition) is 2. The molecule has 1 aromatic heterocycles. The van der Waals surface area contributed by atoms with Crippen LogP contribution in [0.2, 0.25) is 0 Å². The number of benzene rings is 2. The molecule has 0 aliphatic rings. The van der Waals surface area contributed by atoms with Crippen LogP contribution in [-0.2, 0) is 26.2 Å². The predicted molar refractivity (Wildman–Crippen MR) is 113 cm³/mol. The van der Waals surface area contributed by atoms with Gasteiger partial charge in [0.2, 0.25) is 10.0 Å². The third-order valence-electron chi connectivity index (χ3n) is 3.82. The summed E-state index contributed by atoms with van der Waals surface area (Å²) < 4.78 is 32.8. The number of aliphatic hydroxyl groups is 1. The summed E-state index contributed by atoms with van der Waals surface area (Å²) in [6, 6.07) is 14.0. The first kappa shape index (κ1) is 21.6. The van der Waals surface area contributed by atoms with Crippen molar-refractivity contribution in [3.63, 3.8) is 0 Å². The third-order valence-corrected chi connectivity index (χ3v) is 6.78. The molecule has 3 aromatic rings. The highest BCUT2D eigenvalue weighted by atomic mass is 79.9. The molecular formula is C19H17BrN2O5S2. The summed E-state index contributed by atoms with van der Waals surface area (Å²) in [5.41, 5.74) is 1.49. The predicted octanol–water partition coefficient (Wildman–Crippen LogP) is 2.96. The maximum Gasteiger partial charge on any atom is 0.326 e. The van der Waals surface area contributed by atoms with Crippen LogP contribution < -0.4 is 4.72 Å². The van der Waals surface area contributed by atoms with Crippen molar-refractivity contribution in [2.24, 2.45) is 0 Å². The number of rotatable bonds is 8. The first-order valence-corrected chi connectivity index (χ1v) is 11.6. The van der Waals surface area contributed by atoms with E-state index in [-0.39, 0.29) is 11.5 Å². The van der Waals surface area contributed by atoms with E-state index in [1.165, 1.54) is 23.5 Å². The van der Waals surface area contributed by atoms with Gasteiger partial charge in [-0.1, -0.05) is 46.3 Å². The average Bonchev–Trinajstić information content (AvgIpc) is 3.20. The fraction of sp³-hybridized carbons (Fsp3) is 0.158. The van der Waals surface area contributed by atoms with Crippen molar-refractivity contribution < 1.29 is 23.1 Å². The number of hydrogen-bond acceptors (Lipinski definition) is 7.